The minimum Gasteiger partial charge on any atom is -0.484 e. The Hall–Kier alpha value is -1.95. The van der Waals surface area contributed by atoms with Gasteiger partial charge in [-0.2, -0.15) is 0 Å². The molecule has 116 valence electrons. The van der Waals surface area contributed by atoms with E-state index in [9.17, 15) is 4.79 Å². The number of aromatic nitrogens is 2. The zero-order valence-corrected chi connectivity index (χ0v) is 13.6. The summed E-state index contributed by atoms with van der Waals surface area (Å²) in [5, 5.41) is 13.0. The van der Waals surface area contributed by atoms with E-state index >= 15 is 0 Å². The maximum absolute atomic E-state index is 11.8. The van der Waals surface area contributed by atoms with Crippen LogP contribution in [0.15, 0.2) is 18.2 Å². The lowest BCUT2D eigenvalue weighted by atomic mass is 10.1. The first kappa shape index (κ1) is 15.0. The lowest BCUT2D eigenvalue weighted by Gasteiger charge is -2.08. The standard InChI is InChI=1S/C16H19N3O2S/c1-10-3-6-13(7-11(10)2)21-9-14(20)17-8-15-18-19-16(22-15)12-4-5-12/h3,6-7,12H,4-5,8-9H2,1-2H3,(H,17,20). The third kappa shape index (κ3) is 3.82. The molecule has 1 fully saturated rings. The fourth-order valence-corrected chi connectivity index (χ4v) is 2.96. The number of benzene rings is 1. The van der Waals surface area contributed by atoms with Gasteiger partial charge in [0.2, 0.25) is 0 Å². The second-order valence-corrected chi connectivity index (χ2v) is 6.71. The number of nitrogens with zero attached hydrogens (tertiary/aromatic N) is 2. The van der Waals surface area contributed by atoms with Crippen molar-refractivity contribution in [3.63, 3.8) is 0 Å². The van der Waals surface area contributed by atoms with Crippen molar-refractivity contribution in [1.82, 2.24) is 15.5 Å². The Morgan fingerprint density at radius 1 is 1.32 bits per heavy atom. The molecule has 1 aliphatic carbocycles. The molecule has 3 rings (SSSR count). The highest BCUT2D eigenvalue weighted by atomic mass is 32.1. The van der Waals surface area contributed by atoms with Gasteiger partial charge in [-0.3, -0.25) is 4.79 Å². The van der Waals surface area contributed by atoms with Crippen molar-refractivity contribution in [3.05, 3.63) is 39.3 Å². The Bertz CT molecular complexity index is 680. The van der Waals surface area contributed by atoms with Crippen molar-refractivity contribution in [2.75, 3.05) is 6.61 Å². The summed E-state index contributed by atoms with van der Waals surface area (Å²) in [5.41, 5.74) is 2.36. The van der Waals surface area contributed by atoms with Gasteiger partial charge in [0, 0.05) is 5.92 Å². The molecule has 0 radical (unpaired) electrons. The Balaban J connectivity index is 1.44. The summed E-state index contributed by atoms with van der Waals surface area (Å²) in [6.45, 7) is 4.50. The van der Waals surface area contributed by atoms with Crippen molar-refractivity contribution in [2.45, 2.75) is 39.2 Å². The second-order valence-electron chi connectivity index (χ2n) is 5.62. The van der Waals surface area contributed by atoms with Crippen LogP contribution in [0, 0.1) is 13.8 Å². The SMILES string of the molecule is Cc1ccc(OCC(=O)NCc2nnc(C3CC3)s2)cc1C. The van der Waals surface area contributed by atoms with Crippen molar-refractivity contribution in [2.24, 2.45) is 0 Å². The number of rotatable bonds is 6. The topological polar surface area (TPSA) is 64.1 Å². The van der Waals surface area contributed by atoms with E-state index in [0.29, 0.717) is 18.2 Å². The predicted molar refractivity (Wildman–Crippen MR) is 85.1 cm³/mol. The zero-order valence-electron chi connectivity index (χ0n) is 12.8. The summed E-state index contributed by atoms with van der Waals surface area (Å²) in [6.07, 6.45) is 2.43. The van der Waals surface area contributed by atoms with Gasteiger partial charge in [0.1, 0.15) is 15.8 Å². The smallest absolute Gasteiger partial charge is 0.258 e. The van der Waals surface area contributed by atoms with Crippen molar-refractivity contribution in [1.29, 1.82) is 0 Å². The van der Waals surface area contributed by atoms with Crippen LogP contribution < -0.4 is 10.1 Å². The van der Waals surface area contributed by atoms with Crippen molar-refractivity contribution in [3.8, 4) is 5.75 Å². The monoisotopic (exact) mass is 317 g/mol. The second kappa shape index (κ2) is 6.44. The molecule has 22 heavy (non-hydrogen) atoms. The van der Waals surface area contributed by atoms with Crippen LogP contribution in [0.5, 0.6) is 5.75 Å². The van der Waals surface area contributed by atoms with Crippen LogP contribution in [-0.4, -0.2) is 22.7 Å². The largest absolute Gasteiger partial charge is 0.484 e. The number of hydrogen-bond acceptors (Lipinski definition) is 5. The summed E-state index contributed by atoms with van der Waals surface area (Å²) in [6, 6.07) is 5.81. The molecule has 0 unspecified atom stereocenters. The zero-order chi connectivity index (χ0) is 15.5. The van der Waals surface area contributed by atoms with Gasteiger partial charge in [-0.25, -0.2) is 0 Å². The minimum absolute atomic E-state index is 0.0107. The molecule has 1 amide bonds. The molecular formula is C16H19N3O2S. The highest BCUT2D eigenvalue weighted by Crippen LogP contribution is 2.41. The Morgan fingerprint density at radius 2 is 2.14 bits per heavy atom. The number of nitrogens with one attached hydrogen (secondary N) is 1. The number of ether oxygens (including phenoxy) is 1. The van der Waals surface area contributed by atoms with Crippen LogP contribution in [0.4, 0.5) is 0 Å². The van der Waals surface area contributed by atoms with Gasteiger partial charge in [-0.1, -0.05) is 17.4 Å². The number of amides is 1. The minimum atomic E-state index is -0.151. The van der Waals surface area contributed by atoms with E-state index in [-0.39, 0.29) is 12.5 Å². The summed E-state index contributed by atoms with van der Waals surface area (Å²) >= 11 is 1.59. The van der Waals surface area contributed by atoms with Crippen LogP contribution in [0.25, 0.3) is 0 Å². The van der Waals surface area contributed by atoms with E-state index in [4.69, 9.17) is 4.74 Å². The van der Waals surface area contributed by atoms with E-state index in [0.717, 1.165) is 15.6 Å². The third-order valence-corrected chi connectivity index (χ3v) is 4.78. The van der Waals surface area contributed by atoms with Crippen LogP contribution in [0.2, 0.25) is 0 Å². The fourth-order valence-electron chi connectivity index (χ4n) is 2.01. The molecule has 1 aliphatic rings. The highest BCUT2D eigenvalue weighted by Gasteiger charge is 2.27. The molecular weight excluding hydrogens is 298 g/mol. The number of hydrogen-bond donors (Lipinski definition) is 1. The third-order valence-electron chi connectivity index (χ3n) is 3.69. The maximum atomic E-state index is 11.8. The van der Waals surface area contributed by atoms with E-state index in [1.54, 1.807) is 11.3 Å². The molecule has 0 spiro atoms. The van der Waals surface area contributed by atoms with E-state index in [1.165, 1.54) is 18.4 Å². The van der Waals surface area contributed by atoms with Crippen LogP contribution >= 0.6 is 11.3 Å². The lowest BCUT2D eigenvalue weighted by Crippen LogP contribution is -2.28. The fraction of sp³-hybridized carbons (Fsp3) is 0.438. The van der Waals surface area contributed by atoms with Gasteiger partial charge in [0.05, 0.1) is 6.54 Å². The van der Waals surface area contributed by atoms with E-state index in [1.807, 2.05) is 32.0 Å². The van der Waals surface area contributed by atoms with Gasteiger partial charge >= 0.3 is 0 Å². The molecule has 1 N–H and O–H groups in total. The van der Waals surface area contributed by atoms with Gasteiger partial charge < -0.3 is 10.1 Å². The van der Waals surface area contributed by atoms with E-state index < -0.39 is 0 Å². The number of carbonyl (C=O) groups excluding carboxylic acids is 1. The van der Waals surface area contributed by atoms with Crippen molar-refractivity contribution < 1.29 is 9.53 Å². The normalized spacial score (nSPS) is 13.9. The van der Waals surface area contributed by atoms with Crippen LogP contribution in [-0.2, 0) is 11.3 Å². The van der Waals surface area contributed by atoms with Gasteiger partial charge in [0.25, 0.3) is 5.91 Å². The first-order valence-corrected chi connectivity index (χ1v) is 8.22. The molecule has 2 aromatic rings. The Labute approximate surface area is 133 Å². The Kier molecular flexibility index (Phi) is 4.38. The molecule has 0 saturated heterocycles. The molecule has 6 heteroatoms. The summed E-state index contributed by atoms with van der Waals surface area (Å²) in [5.74, 6) is 1.17. The molecule has 1 saturated carbocycles. The predicted octanol–water partition coefficient (Wildman–Crippen LogP) is 2.73. The van der Waals surface area contributed by atoms with Gasteiger partial charge in [0.15, 0.2) is 6.61 Å². The molecule has 1 heterocycles. The summed E-state index contributed by atoms with van der Waals surface area (Å²) in [7, 11) is 0. The molecule has 1 aromatic carbocycles. The molecule has 0 bridgehead atoms. The molecule has 5 nitrogen and oxygen atoms in total. The molecule has 1 aromatic heterocycles. The average Bonchev–Trinajstić information content (AvgIpc) is 3.25. The lowest BCUT2D eigenvalue weighted by molar-refractivity contribution is -0.123. The first-order valence-electron chi connectivity index (χ1n) is 7.41. The van der Waals surface area contributed by atoms with Crippen molar-refractivity contribution >= 4 is 17.2 Å². The maximum Gasteiger partial charge on any atom is 0.258 e. The van der Waals surface area contributed by atoms with E-state index in [2.05, 4.69) is 15.5 Å². The average molecular weight is 317 g/mol. The van der Waals surface area contributed by atoms with Gasteiger partial charge in [-0.05, 0) is 49.9 Å². The van der Waals surface area contributed by atoms with Crippen LogP contribution in [0.3, 0.4) is 0 Å². The molecule has 0 atom stereocenters. The van der Waals surface area contributed by atoms with Gasteiger partial charge in [-0.15, -0.1) is 10.2 Å². The highest BCUT2D eigenvalue weighted by molar-refractivity contribution is 7.11. The summed E-state index contributed by atoms with van der Waals surface area (Å²) < 4.78 is 5.50. The summed E-state index contributed by atoms with van der Waals surface area (Å²) in [4.78, 5) is 11.8. The first-order chi connectivity index (χ1) is 10.6. The van der Waals surface area contributed by atoms with Crippen LogP contribution in [0.1, 0.15) is 39.9 Å². The molecule has 0 aliphatic heterocycles. The Morgan fingerprint density at radius 3 is 2.86 bits per heavy atom. The number of carbonyl (C=O) groups is 1. The number of aryl methyl sites for hydroxylation is 2. The quantitative estimate of drug-likeness (QED) is 0.890.